The molecule has 0 bridgehead atoms. The minimum absolute atomic E-state index is 0.295. The molecule has 2 heteroatoms. The minimum atomic E-state index is 0.295. The molecule has 0 aromatic carbocycles. The zero-order valence-corrected chi connectivity index (χ0v) is 6.25. The van der Waals surface area contributed by atoms with Crippen molar-refractivity contribution in [1.29, 1.82) is 0 Å². The quantitative estimate of drug-likeness (QED) is 0.598. The first-order valence-corrected chi connectivity index (χ1v) is 3.99. The molecular formula is C8H15O2. The second-order valence-corrected chi connectivity index (χ2v) is 2.65. The topological polar surface area (TPSA) is 29.5 Å². The summed E-state index contributed by atoms with van der Waals surface area (Å²) in [6, 6.07) is 0. The van der Waals surface area contributed by atoms with Crippen LogP contribution in [-0.2, 0) is 4.74 Å². The Bertz CT molecular complexity index is 77.3. The lowest BCUT2D eigenvalue weighted by molar-refractivity contribution is 0.130. The molecule has 0 aromatic heterocycles. The molecule has 10 heavy (non-hydrogen) atoms. The third-order valence-electron chi connectivity index (χ3n) is 1.76. The van der Waals surface area contributed by atoms with Crippen molar-refractivity contribution in [3.63, 3.8) is 0 Å². The minimum Gasteiger partial charge on any atom is -0.396 e. The largest absolute Gasteiger partial charge is 0.396 e. The zero-order valence-electron chi connectivity index (χ0n) is 6.25. The summed E-state index contributed by atoms with van der Waals surface area (Å²) in [7, 11) is 0. The van der Waals surface area contributed by atoms with Gasteiger partial charge in [-0.15, -0.1) is 0 Å². The average Bonchev–Trinajstić information content (AvgIpc) is 2.41. The van der Waals surface area contributed by atoms with Crippen LogP contribution in [0.1, 0.15) is 25.7 Å². The molecule has 0 aromatic rings. The van der Waals surface area contributed by atoms with Crippen molar-refractivity contribution >= 4 is 0 Å². The molecule has 1 aliphatic rings. The summed E-state index contributed by atoms with van der Waals surface area (Å²) in [6.45, 7) is 1.21. The van der Waals surface area contributed by atoms with Gasteiger partial charge in [0.25, 0.3) is 0 Å². The van der Waals surface area contributed by atoms with E-state index in [1.54, 1.807) is 0 Å². The molecule has 1 fully saturated rings. The van der Waals surface area contributed by atoms with E-state index >= 15 is 0 Å². The van der Waals surface area contributed by atoms with Gasteiger partial charge in [0, 0.05) is 13.2 Å². The van der Waals surface area contributed by atoms with E-state index in [2.05, 4.69) is 6.42 Å². The summed E-state index contributed by atoms with van der Waals surface area (Å²) < 4.78 is 5.36. The normalized spacial score (nSPS) is 25.5. The standard InChI is InChI=1S/C8H15O2/c9-6-2-1-4-8-5-3-7-10-8/h4,8-9H,1-3,5-7H2. The highest BCUT2D eigenvalue weighted by Crippen LogP contribution is 2.16. The Hall–Kier alpha value is -0.0800. The van der Waals surface area contributed by atoms with E-state index in [0.717, 1.165) is 19.4 Å². The molecule has 1 rings (SSSR count). The molecule has 1 radical (unpaired) electrons. The molecular weight excluding hydrogens is 128 g/mol. The van der Waals surface area contributed by atoms with Crippen LogP contribution in [0.25, 0.3) is 0 Å². The molecule has 59 valence electrons. The molecule has 1 saturated heterocycles. The van der Waals surface area contributed by atoms with Gasteiger partial charge in [0.05, 0.1) is 6.10 Å². The van der Waals surface area contributed by atoms with Crippen LogP contribution in [0.15, 0.2) is 0 Å². The van der Waals surface area contributed by atoms with Crippen molar-refractivity contribution in [1.82, 2.24) is 0 Å². The van der Waals surface area contributed by atoms with Crippen molar-refractivity contribution in [2.45, 2.75) is 31.8 Å². The van der Waals surface area contributed by atoms with Gasteiger partial charge in [0.1, 0.15) is 0 Å². The first-order chi connectivity index (χ1) is 4.93. The lowest BCUT2D eigenvalue weighted by atomic mass is 10.1. The molecule has 1 N–H and O–H groups in total. The third-order valence-corrected chi connectivity index (χ3v) is 1.76. The van der Waals surface area contributed by atoms with E-state index in [9.17, 15) is 0 Å². The van der Waals surface area contributed by atoms with Crippen LogP contribution < -0.4 is 0 Å². The smallest absolute Gasteiger partial charge is 0.0607 e. The highest BCUT2D eigenvalue weighted by Gasteiger charge is 2.14. The Morgan fingerprint density at radius 3 is 3.10 bits per heavy atom. The van der Waals surface area contributed by atoms with Gasteiger partial charge in [-0.1, -0.05) is 0 Å². The van der Waals surface area contributed by atoms with Crippen molar-refractivity contribution in [3.05, 3.63) is 6.42 Å². The van der Waals surface area contributed by atoms with Gasteiger partial charge < -0.3 is 9.84 Å². The lowest BCUT2D eigenvalue weighted by Crippen LogP contribution is -2.05. The maximum absolute atomic E-state index is 8.48. The molecule has 0 aliphatic carbocycles. The fraction of sp³-hybridized carbons (Fsp3) is 0.875. The van der Waals surface area contributed by atoms with Crippen molar-refractivity contribution in [2.24, 2.45) is 0 Å². The molecule has 0 amide bonds. The van der Waals surface area contributed by atoms with Crippen LogP contribution in [0.5, 0.6) is 0 Å². The van der Waals surface area contributed by atoms with Crippen LogP contribution in [0.2, 0.25) is 0 Å². The van der Waals surface area contributed by atoms with E-state index in [1.807, 2.05) is 0 Å². The Balaban J connectivity index is 1.91. The summed E-state index contributed by atoms with van der Waals surface area (Å²) in [6.07, 6.45) is 6.78. The summed E-state index contributed by atoms with van der Waals surface area (Å²) in [4.78, 5) is 0. The Kier molecular flexibility index (Phi) is 3.76. The summed E-state index contributed by atoms with van der Waals surface area (Å²) >= 11 is 0. The molecule has 1 unspecified atom stereocenters. The predicted octanol–water partition coefficient (Wildman–Crippen LogP) is 1.14. The average molecular weight is 143 g/mol. The Morgan fingerprint density at radius 1 is 1.60 bits per heavy atom. The predicted molar refractivity (Wildman–Crippen MR) is 39.6 cm³/mol. The van der Waals surface area contributed by atoms with E-state index < -0.39 is 0 Å². The molecule has 1 atom stereocenters. The first kappa shape index (κ1) is 8.02. The molecule has 0 spiro atoms. The van der Waals surface area contributed by atoms with Crippen molar-refractivity contribution in [2.75, 3.05) is 13.2 Å². The maximum atomic E-state index is 8.48. The van der Waals surface area contributed by atoms with Crippen molar-refractivity contribution in [3.8, 4) is 0 Å². The molecule has 2 nitrogen and oxygen atoms in total. The fourth-order valence-electron chi connectivity index (χ4n) is 1.18. The maximum Gasteiger partial charge on any atom is 0.0607 e. The Morgan fingerprint density at radius 2 is 2.50 bits per heavy atom. The van der Waals surface area contributed by atoms with Crippen LogP contribution in [-0.4, -0.2) is 24.4 Å². The van der Waals surface area contributed by atoms with Gasteiger partial charge in [-0.05, 0) is 32.1 Å². The van der Waals surface area contributed by atoms with E-state index in [-0.39, 0.29) is 0 Å². The number of hydrogen-bond acceptors (Lipinski definition) is 2. The van der Waals surface area contributed by atoms with Gasteiger partial charge in [-0.3, -0.25) is 0 Å². The lowest BCUT2D eigenvalue weighted by Gasteiger charge is -2.06. The molecule has 0 saturated carbocycles. The van der Waals surface area contributed by atoms with Crippen LogP contribution >= 0.6 is 0 Å². The zero-order chi connectivity index (χ0) is 7.23. The van der Waals surface area contributed by atoms with E-state index in [0.29, 0.717) is 12.7 Å². The number of unbranched alkanes of at least 4 members (excludes halogenated alkanes) is 1. The van der Waals surface area contributed by atoms with Crippen LogP contribution in [0.4, 0.5) is 0 Å². The van der Waals surface area contributed by atoms with Crippen LogP contribution in [0, 0.1) is 6.42 Å². The summed E-state index contributed by atoms with van der Waals surface area (Å²) in [5, 5.41) is 8.48. The SMILES string of the molecule is OCCC[CH]C1CCCO1. The molecule has 1 aliphatic heterocycles. The molecule has 1 heterocycles. The summed E-state index contributed by atoms with van der Waals surface area (Å²) in [5.41, 5.74) is 0. The van der Waals surface area contributed by atoms with Gasteiger partial charge in [0.2, 0.25) is 0 Å². The first-order valence-electron chi connectivity index (χ1n) is 3.99. The van der Waals surface area contributed by atoms with Crippen molar-refractivity contribution < 1.29 is 9.84 Å². The number of ether oxygens (including phenoxy) is 1. The third kappa shape index (κ3) is 2.67. The highest BCUT2D eigenvalue weighted by atomic mass is 16.5. The summed E-state index contributed by atoms with van der Waals surface area (Å²) in [5.74, 6) is 0. The Labute approximate surface area is 62.2 Å². The number of aliphatic hydroxyl groups is 1. The van der Waals surface area contributed by atoms with Gasteiger partial charge in [-0.2, -0.15) is 0 Å². The number of hydrogen-bond donors (Lipinski definition) is 1. The van der Waals surface area contributed by atoms with Crippen LogP contribution in [0.3, 0.4) is 0 Å². The number of rotatable bonds is 4. The number of aliphatic hydroxyl groups excluding tert-OH is 1. The van der Waals surface area contributed by atoms with E-state index in [4.69, 9.17) is 9.84 Å². The van der Waals surface area contributed by atoms with Gasteiger partial charge in [-0.25, -0.2) is 0 Å². The second kappa shape index (κ2) is 4.69. The fourth-order valence-corrected chi connectivity index (χ4v) is 1.18. The van der Waals surface area contributed by atoms with Gasteiger partial charge >= 0.3 is 0 Å². The van der Waals surface area contributed by atoms with Gasteiger partial charge in [0.15, 0.2) is 0 Å². The highest BCUT2D eigenvalue weighted by molar-refractivity contribution is 4.79. The monoisotopic (exact) mass is 143 g/mol. The second-order valence-electron chi connectivity index (χ2n) is 2.65. The van der Waals surface area contributed by atoms with E-state index in [1.165, 1.54) is 12.8 Å².